The van der Waals surface area contributed by atoms with Gasteiger partial charge in [0.2, 0.25) is 0 Å². The minimum Gasteiger partial charge on any atom is -0.278 e. The molecule has 0 aliphatic heterocycles. The van der Waals surface area contributed by atoms with Crippen LogP contribution < -0.4 is 0 Å². The molecule has 0 aliphatic carbocycles. The number of nitriles is 1. The summed E-state index contributed by atoms with van der Waals surface area (Å²) in [5, 5.41) is 9.01. The first-order chi connectivity index (χ1) is 6.79. The lowest BCUT2D eigenvalue weighted by Gasteiger charge is -2.25. The summed E-state index contributed by atoms with van der Waals surface area (Å²) in [5.74, 6) is 0.889. The van der Waals surface area contributed by atoms with Crippen molar-refractivity contribution in [3.63, 3.8) is 0 Å². The third-order valence-corrected chi connectivity index (χ3v) is 3.50. The Labute approximate surface area is 102 Å². The Morgan fingerprint density at radius 1 is 1.27 bits per heavy atom. The van der Waals surface area contributed by atoms with Crippen molar-refractivity contribution in [1.82, 2.24) is 0 Å². The highest BCUT2D eigenvalue weighted by atomic mass is 35.5. The van der Waals surface area contributed by atoms with Crippen molar-refractivity contribution in [3.05, 3.63) is 0 Å². The summed E-state index contributed by atoms with van der Waals surface area (Å²) in [6.07, 6.45) is 1.75. The van der Waals surface area contributed by atoms with Crippen LogP contribution in [-0.2, 0) is 0 Å². The van der Waals surface area contributed by atoms with Crippen LogP contribution in [0, 0.1) is 22.2 Å². The molecule has 0 radical (unpaired) electrons. The van der Waals surface area contributed by atoms with Crippen LogP contribution in [0.15, 0.2) is 4.99 Å². The van der Waals surface area contributed by atoms with Crippen LogP contribution >= 0.6 is 23.2 Å². The SMILES string of the molecule is CC(C)(C=NC(C#N)C(C)(C)CCl)CCl. The molecule has 0 N–H and O–H groups in total. The van der Waals surface area contributed by atoms with Gasteiger partial charge in [0.1, 0.15) is 6.04 Å². The van der Waals surface area contributed by atoms with Gasteiger partial charge in [-0.15, -0.1) is 23.2 Å². The van der Waals surface area contributed by atoms with E-state index in [4.69, 9.17) is 28.5 Å². The molecule has 0 amide bonds. The smallest absolute Gasteiger partial charge is 0.142 e. The van der Waals surface area contributed by atoms with E-state index in [1.54, 1.807) is 6.21 Å². The van der Waals surface area contributed by atoms with Crippen molar-refractivity contribution >= 4 is 29.4 Å². The fourth-order valence-corrected chi connectivity index (χ4v) is 1.01. The number of halogens is 2. The molecule has 2 nitrogen and oxygen atoms in total. The Morgan fingerprint density at radius 3 is 2.13 bits per heavy atom. The molecule has 0 saturated heterocycles. The fraction of sp³-hybridized carbons (Fsp3) is 0.818. The van der Waals surface area contributed by atoms with E-state index in [1.807, 2.05) is 27.7 Å². The zero-order valence-electron chi connectivity index (χ0n) is 9.72. The summed E-state index contributed by atoms with van der Waals surface area (Å²) in [6.45, 7) is 7.81. The standard InChI is InChI=1S/C11H18Cl2N2/c1-10(2,6-12)8-15-9(5-14)11(3,4)7-13/h8-9H,6-7H2,1-4H3. The number of nitrogens with zero attached hydrogens (tertiary/aromatic N) is 2. The van der Waals surface area contributed by atoms with E-state index in [0.29, 0.717) is 11.8 Å². The van der Waals surface area contributed by atoms with Gasteiger partial charge in [0.15, 0.2) is 0 Å². The molecule has 0 rings (SSSR count). The van der Waals surface area contributed by atoms with Crippen LogP contribution in [0.4, 0.5) is 0 Å². The molecule has 0 heterocycles. The first-order valence-corrected chi connectivity index (χ1v) is 5.92. The second-order valence-corrected chi connectivity index (χ2v) is 5.59. The van der Waals surface area contributed by atoms with E-state index in [0.717, 1.165) is 0 Å². The number of alkyl halides is 2. The molecular weight excluding hydrogens is 231 g/mol. The fourth-order valence-electron chi connectivity index (χ4n) is 0.794. The molecule has 0 bridgehead atoms. The summed E-state index contributed by atoms with van der Waals surface area (Å²) in [6, 6.07) is 1.75. The average molecular weight is 249 g/mol. The summed E-state index contributed by atoms with van der Waals surface area (Å²) < 4.78 is 0. The molecule has 86 valence electrons. The van der Waals surface area contributed by atoms with Crippen LogP contribution in [0.3, 0.4) is 0 Å². The van der Waals surface area contributed by atoms with Crippen molar-refractivity contribution in [2.24, 2.45) is 15.8 Å². The van der Waals surface area contributed by atoms with Gasteiger partial charge in [-0.05, 0) is 0 Å². The largest absolute Gasteiger partial charge is 0.278 e. The lowest BCUT2D eigenvalue weighted by Crippen LogP contribution is -2.29. The van der Waals surface area contributed by atoms with E-state index in [2.05, 4.69) is 11.1 Å². The quantitative estimate of drug-likeness (QED) is 0.542. The maximum atomic E-state index is 9.01. The van der Waals surface area contributed by atoms with E-state index in [-0.39, 0.29) is 10.8 Å². The molecule has 0 saturated carbocycles. The average Bonchev–Trinajstić information content (AvgIpc) is 2.18. The number of rotatable bonds is 5. The molecule has 0 spiro atoms. The number of aliphatic imine (C=N–C) groups is 1. The van der Waals surface area contributed by atoms with Crippen molar-refractivity contribution in [3.8, 4) is 6.07 Å². The van der Waals surface area contributed by atoms with Crippen LogP contribution in [0.1, 0.15) is 27.7 Å². The zero-order valence-corrected chi connectivity index (χ0v) is 11.2. The number of hydrogen-bond donors (Lipinski definition) is 0. The van der Waals surface area contributed by atoms with Crippen LogP contribution in [-0.4, -0.2) is 24.0 Å². The van der Waals surface area contributed by atoms with Crippen molar-refractivity contribution in [2.75, 3.05) is 11.8 Å². The summed E-state index contributed by atoms with van der Waals surface area (Å²) in [4.78, 5) is 4.27. The highest BCUT2D eigenvalue weighted by molar-refractivity contribution is 6.19. The van der Waals surface area contributed by atoms with E-state index >= 15 is 0 Å². The Hall–Kier alpha value is -0.260. The zero-order chi connectivity index (χ0) is 12.1. The predicted octanol–water partition coefficient (Wildman–Crippen LogP) is 3.48. The molecule has 15 heavy (non-hydrogen) atoms. The lowest BCUT2D eigenvalue weighted by atomic mass is 9.87. The minimum absolute atomic E-state index is 0.181. The molecule has 0 aromatic carbocycles. The van der Waals surface area contributed by atoms with Crippen LogP contribution in [0.25, 0.3) is 0 Å². The van der Waals surface area contributed by atoms with E-state index < -0.39 is 6.04 Å². The maximum absolute atomic E-state index is 9.01. The molecule has 0 aromatic heterocycles. The Morgan fingerprint density at radius 2 is 1.80 bits per heavy atom. The second-order valence-electron chi connectivity index (χ2n) is 5.05. The normalized spacial score (nSPS) is 15.3. The minimum atomic E-state index is -0.419. The maximum Gasteiger partial charge on any atom is 0.142 e. The Balaban J connectivity index is 4.70. The number of hydrogen-bond acceptors (Lipinski definition) is 2. The molecule has 0 fully saturated rings. The summed E-state index contributed by atoms with van der Waals surface area (Å²) >= 11 is 11.6. The molecule has 0 aromatic rings. The van der Waals surface area contributed by atoms with Gasteiger partial charge in [0.25, 0.3) is 0 Å². The van der Waals surface area contributed by atoms with Crippen LogP contribution in [0.2, 0.25) is 0 Å². The van der Waals surface area contributed by atoms with Gasteiger partial charge in [0.05, 0.1) is 6.07 Å². The highest BCUT2D eigenvalue weighted by Crippen LogP contribution is 2.25. The van der Waals surface area contributed by atoms with Crippen molar-refractivity contribution < 1.29 is 0 Å². The van der Waals surface area contributed by atoms with Crippen LogP contribution in [0.5, 0.6) is 0 Å². The second kappa shape index (κ2) is 5.72. The lowest BCUT2D eigenvalue weighted by molar-refractivity contribution is 0.379. The first kappa shape index (κ1) is 14.7. The Bertz CT molecular complexity index is 264. The van der Waals surface area contributed by atoms with Gasteiger partial charge in [-0.25, -0.2) is 0 Å². The van der Waals surface area contributed by atoms with Gasteiger partial charge in [-0.3, -0.25) is 4.99 Å². The molecule has 4 heteroatoms. The topological polar surface area (TPSA) is 36.1 Å². The third-order valence-electron chi connectivity index (χ3n) is 2.12. The first-order valence-electron chi connectivity index (χ1n) is 4.85. The molecule has 1 unspecified atom stereocenters. The van der Waals surface area contributed by atoms with Crippen molar-refractivity contribution in [2.45, 2.75) is 33.7 Å². The van der Waals surface area contributed by atoms with Gasteiger partial charge in [-0.1, -0.05) is 27.7 Å². The van der Waals surface area contributed by atoms with Crippen molar-refractivity contribution in [1.29, 1.82) is 5.26 Å². The Kier molecular flexibility index (Phi) is 5.62. The van der Waals surface area contributed by atoms with E-state index in [1.165, 1.54) is 0 Å². The van der Waals surface area contributed by atoms with Gasteiger partial charge in [-0.2, -0.15) is 5.26 Å². The molecular formula is C11H18Cl2N2. The third kappa shape index (κ3) is 4.86. The summed E-state index contributed by atoms with van der Waals surface area (Å²) in [7, 11) is 0. The van der Waals surface area contributed by atoms with Gasteiger partial charge < -0.3 is 0 Å². The van der Waals surface area contributed by atoms with E-state index in [9.17, 15) is 0 Å². The van der Waals surface area contributed by atoms with Gasteiger partial charge >= 0.3 is 0 Å². The highest BCUT2D eigenvalue weighted by Gasteiger charge is 2.28. The molecule has 1 atom stereocenters. The van der Waals surface area contributed by atoms with Gasteiger partial charge in [0, 0.05) is 28.8 Å². The summed E-state index contributed by atoms with van der Waals surface area (Å²) in [5.41, 5.74) is -0.492. The monoisotopic (exact) mass is 248 g/mol. The predicted molar refractivity (Wildman–Crippen MR) is 66.9 cm³/mol. The molecule has 0 aliphatic rings.